The Hall–Kier alpha value is -1.07. The van der Waals surface area contributed by atoms with Crippen LogP contribution in [0.4, 0.5) is 0 Å². The van der Waals surface area contributed by atoms with Crippen molar-refractivity contribution in [2.24, 2.45) is 0 Å². The highest BCUT2D eigenvalue weighted by molar-refractivity contribution is 7.15. The third-order valence-corrected chi connectivity index (χ3v) is 3.24. The van der Waals surface area contributed by atoms with Crippen molar-refractivity contribution in [2.45, 2.75) is 19.3 Å². The number of aromatic nitrogens is 2. The monoisotopic (exact) mass is 244 g/mol. The number of rotatable bonds is 3. The first kappa shape index (κ1) is 10.4. The maximum Gasteiger partial charge on any atom is 0.304 e. The maximum atomic E-state index is 10.6. The zero-order valence-electron chi connectivity index (χ0n) is 7.98. The first-order valence-electron chi connectivity index (χ1n) is 4.42. The molecule has 15 heavy (non-hydrogen) atoms. The van der Waals surface area contributed by atoms with Gasteiger partial charge in [0.2, 0.25) is 0 Å². The molecule has 1 atom stereocenters. The van der Waals surface area contributed by atoms with Crippen molar-refractivity contribution in [1.29, 1.82) is 0 Å². The molecule has 0 spiro atoms. The molecule has 2 heterocycles. The van der Waals surface area contributed by atoms with Crippen LogP contribution < -0.4 is 0 Å². The number of nitrogens with zero attached hydrogens (tertiary/aromatic N) is 2. The van der Waals surface area contributed by atoms with Crippen LogP contribution in [0, 0.1) is 0 Å². The Morgan fingerprint density at radius 3 is 3.20 bits per heavy atom. The lowest BCUT2D eigenvalue weighted by molar-refractivity contribution is -0.137. The molecule has 1 unspecified atom stereocenters. The van der Waals surface area contributed by atoms with E-state index in [4.69, 9.17) is 16.7 Å². The van der Waals surface area contributed by atoms with E-state index in [2.05, 4.69) is 4.98 Å². The highest BCUT2D eigenvalue weighted by atomic mass is 35.5. The lowest BCUT2D eigenvalue weighted by atomic mass is 10.1. The first-order chi connectivity index (χ1) is 7.09. The third kappa shape index (κ3) is 1.85. The number of carboxylic acids is 1. The predicted molar refractivity (Wildman–Crippen MR) is 58.7 cm³/mol. The van der Waals surface area contributed by atoms with Gasteiger partial charge in [0.15, 0.2) is 10.1 Å². The van der Waals surface area contributed by atoms with Crippen LogP contribution in [-0.4, -0.2) is 20.5 Å². The minimum absolute atomic E-state index is 0.0589. The van der Waals surface area contributed by atoms with Crippen LogP contribution in [0.15, 0.2) is 11.6 Å². The highest BCUT2D eigenvalue weighted by Crippen LogP contribution is 2.29. The molecule has 0 aromatic carbocycles. The molecule has 0 fully saturated rings. The first-order valence-corrected chi connectivity index (χ1v) is 5.68. The van der Waals surface area contributed by atoms with Crippen molar-refractivity contribution in [3.63, 3.8) is 0 Å². The van der Waals surface area contributed by atoms with Crippen LogP contribution in [0.1, 0.15) is 25.0 Å². The van der Waals surface area contributed by atoms with Crippen LogP contribution in [0.25, 0.3) is 4.96 Å². The summed E-state index contributed by atoms with van der Waals surface area (Å²) in [5, 5.41) is 11.0. The van der Waals surface area contributed by atoms with Gasteiger partial charge in [0.25, 0.3) is 0 Å². The van der Waals surface area contributed by atoms with Gasteiger partial charge in [0, 0.05) is 17.5 Å². The molecule has 4 nitrogen and oxygen atoms in total. The van der Waals surface area contributed by atoms with E-state index in [9.17, 15) is 4.79 Å². The van der Waals surface area contributed by atoms with E-state index < -0.39 is 5.97 Å². The van der Waals surface area contributed by atoms with Gasteiger partial charge in [-0.3, -0.25) is 9.20 Å². The number of fused-ring (bicyclic) bond motifs is 1. The molecule has 0 saturated carbocycles. The molecule has 2 aromatic rings. The Kier molecular flexibility index (Phi) is 2.67. The fraction of sp³-hybridized carbons (Fsp3) is 0.333. The molecule has 0 saturated heterocycles. The normalized spacial score (nSPS) is 13.2. The molecule has 0 radical (unpaired) electrons. The quantitative estimate of drug-likeness (QED) is 0.903. The summed E-state index contributed by atoms with van der Waals surface area (Å²) in [4.78, 5) is 15.6. The number of carboxylic acid groups (broad SMARTS) is 1. The number of carbonyl (C=O) groups is 1. The Morgan fingerprint density at radius 2 is 2.53 bits per heavy atom. The summed E-state index contributed by atoms with van der Waals surface area (Å²) in [5.74, 6) is -0.969. The van der Waals surface area contributed by atoms with E-state index in [1.54, 1.807) is 0 Å². The number of halogens is 1. The molecule has 1 N–H and O–H groups in total. The smallest absolute Gasteiger partial charge is 0.304 e. The fourth-order valence-electron chi connectivity index (χ4n) is 1.58. The SMILES string of the molecule is CC(CC(=O)O)c1c(Cl)nc2sccn12. The Balaban J connectivity index is 2.44. The number of hydrogen-bond acceptors (Lipinski definition) is 3. The number of aliphatic carboxylic acids is 1. The Labute approximate surface area is 95.1 Å². The lowest BCUT2D eigenvalue weighted by Gasteiger charge is -2.07. The average Bonchev–Trinajstić information content (AvgIpc) is 2.60. The van der Waals surface area contributed by atoms with Crippen molar-refractivity contribution >= 4 is 33.9 Å². The summed E-state index contributed by atoms with van der Waals surface area (Å²) in [6.45, 7) is 1.83. The van der Waals surface area contributed by atoms with Crippen LogP contribution in [-0.2, 0) is 4.79 Å². The van der Waals surface area contributed by atoms with Gasteiger partial charge in [-0.1, -0.05) is 18.5 Å². The summed E-state index contributed by atoms with van der Waals surface area (Å²) in [5.41, 5.74) is 0.773. The van der Waals surface area contributed by atoms with Gasteiger partial charge in [-0.25, -0.2) is 4.98 Å². The van der Waals surface area contributed by atoms with Gasteiger partial charge in [-0.05, 0) is 0 Å². The van der Waals surface area contributed by atoms with Crippen LogP contribution in [0.5, 0.6) is 0 Å². The molecule has 6 heteroatoms. The molecule has 0 amide bonds. The average molecular weight is 245 g/mol. The van der Waals surface area contributed by atoms with Crippen molar-refractivity contribution < 1.29 is 9.90 Å². The van der Waals surface area contributed by atoms with Crippen molar-refractivity contribution in [3.05, 3.63) is 22.4 Å². The molecule has 0 aliphatic rings. The predicted octanol–water partition coefficient (Wildman–Crippen LogP) is 2.63. The molecule has 80 valence electrons. The molecule has 0 aliphatic heterocycles. The maximum absolute atomic E-state index is 10.6. The molecule has 0 aliphatic carbocycles. The second kappa shape index (κ2) is 3.83. The lowest BCUT2D eigenvalue weighted by Crippen LogP contribution is -2.05. The summed E-state index contributed by atoms with van der Waals surface area (Å²) >= 11 is 7.45. The van der Waals surface area contributed by atoms with E-state index >= 15 is 0 Å². The largest absolute Gasteiger partial charge is 0.481 e. The van der Waals surface area contributed by atoms with E-state index in [1.807, 2.05) is 22.9 Å². The van der Waals surface area contributed by atoms with Crippen molar-refractivity contribution in [2.75, 3.05) is 0 Å². The molecule has 2 aromatic heterocycles. The number of imidazole rings is 1. The van der Waals surface area contributed by atoms with Gasteiger partial charge in [-0.15, -0.1) is 11.3 Å². The second-order valence-electron chi connectivity index (χ2n) is 3.34. The van der Waals surface area contributed by atoms with Gasteiger partial charge in [-0.2, -0.15) is 0 Å². The van der Waals surface area contributed by atoms with Gasteiger partial charge < -0.3 is 5.11 Å². The minimum atomic E-state index is -0.830. The van der Waals surface area contributed by atoms with Crippen LogP contribution >= 0.6 is 22.9 Å². The molecular weight excluding hydrogens is 236 g/mol. The van der Waals surface area contributed by atoms with Crippen LogP contribution in [0.2, 0.25) is 5.15 Å². The van der Waals surface area contributed by atoms with E-state index in [0.717, 1.165) is 10.7 Å². The van der Waals surface area contributed by atoms with Gasteiger partial charge >= 0.3 is 5.97 Å². The summed E-state index contributed by atoms with van der Waals surface area (Å²) in [7, 11) is 0. The fourth-order valence-corrected chi connectivity index (χ4v) is 2.70. The number of thiazole rings is 1. The standard InChI is InChI=1S/C9H9ClN2O2S/c1-5(4-6(13)14)7-8(10)11-9-12(7)2-3-15-9/h2-3,5H,4H2,1H3,(H,13,14). The van der Waals surface area contributed by atoms with Gasteiger partial charge in [0.05, 0.1) is 12.1 Å². The van der Waals surface area contributed by atoms with E-state index in [0.29, 0.717) is 5.15 Å². The summed E-state index contributed by atoms with van der Waals surface area (Å²) in [6.07, 6.45) is 1.91. The molecular formula is C9H9ClN2O2S. The van der Waals surface area contributed by atoms with Crippen LogP contribution in [0.3, 0.4) is 0 Å². The topological polar surface area (TPSA) is 54.6 Å². The van der Waals surface area contributed by atoms with E-state index in [1.165, 1.54) is 11.3 Å². The third-order valence-electron chi connectivity index (χ3n) is 2.20. The molecule has 2 rings (SSSR count). The highest BCUT2D eigenvalue weighted by Gasteiger charge is 2.19. The Bertz CT molecular complexity index is 505. The number of hydrogen-bond donors (Lipinski definition) is 1. The second-order valence-corrected chi connectivity index (χ2v) is 4.57. The van der Waals surface area contributed by atoms with Gasteiger partial charge in [0.1, 0.15) is 0 Å². The summed E-state index contributed by atoms with van der Waals surface area (Å²) in [6, 6.07) is 0. The van der Waals surface area contributed by atoms with Crippen molar-refractivity contribution in [1.82, 2.24) is 9.38 Å². The molecule has 0 bridgehead atoms. The zero-order valence-corrected chi connectivity index (χ0v) is 9.55. The minimum Gasteiger partial charge on any atom is -0.481 e. The Morgan fingerprint density at radius 1 is 1.80 bits per heavy atom. The van der Waals surface area contributed by atoms with E-state index in [-0.39, 0.29) is 12.3 Å². The summed E-state index contributed by atoms with van der Waals surface area (Å²) < 4.78 is 1.85. The van der Waals surface area contributed by atoms with Crippen molar-refractivity contribution in [3.8, 4) is 0 Å². The zero-order chi connectivity index (χ0) is 11.0.